The number of piperidine rings is 1. The van der Waals surface area contributed by atoms with Crippen LogP contribution in [0.25, 0.3) is 0 Å². The monoisotopic (exact) mass is 374 g/mol. The molecule has 0 radical (unpaired) electrons. The van der Waals surface area contributed by atoms with E-state index in [1.54, 1.807) is 0 Å². The zero-order valence-corrected chi connectivity index (χ0v) is 16.9. The van der Waals surface area contributed by atoms with Crippen molar-refractivity contribution in [3.8, 4) is 0 Å². The third kappa shape index (κ3) is 7.71. The van der Waals surface area contributed by atoms with Crippen molar-refractivity contribution in [1.29, 1.82) is 0 Å². The molecule has 1 aromatic rings. The van der Waals surface area contributed by atoms with E-state index in [4.69, 9.17) is 5.11 Å². The van der Waals surface area contributed by atoms with Crippen LogP contribution in [0.15, 0.2) is 24.3 Å². The fourth-order valence-electron chi connectivity index (χ4n) is 3.85. The predicted octanol–water partition coefficient (Wildman–Crippen LogP) is 3.64. The zero-order chi connectivity index (χ0) is 19.8. The van der Waals surface area contributed by atoms with Gasteiger partial charge in [-0.1, -0.05) is 38.1 Å². The standard InChI is InChI=1S/C22H34N2O3/c1-16(2)13-18-6-9-20(10-7-18)17(3)23-21(25)15-24-12-4-5-19(14-24)8-11-22(26)27/h6-7,9-10,16-17,19H,4-5,8,11-15H2,1-3H3,(H,23,25)(H,26,27). The van der Waals surface area contributed by atoms with Crippen molar-refractivity contribution >= 4 is 11.9 Å². The largest absolute Gasteiger partial charge is 0.481 e. The van der Waals surface area contributed by atoms with E-state index in [1.165, 1.54) is 5.56 Å². The second-order valence-corrected chi connectivity index (χ2v) is 8.30. The minimum absolute atomic E-state index is 0.0156. The second-order valence-electron chi connectivity index (χ2n) is 8.30. The lowest BCUT2D eigenvalue weighted by molar-refractivity contribution is -0.137. The minimum atomic E-state index is -0.738. The summed E-state index contributed by atoms with van der Waals surface area (Å²) < 4.78 is 0. The van der Waals surface area contributed by atoms with Gasteiger partial charge >= 0.3 is 5.97 Å². The van der Waals surface area contributed by atoms with Gasteiger partial charge < -0.3 is 10.4 Å². The molecule has 2 N–H and O–H groups in total. The van der Waals surface area contributed by atoms with Gasteiger partial charge in [0.1, 0.15) is 0 Å². The third-order valence-electron chi connectivity index (χ3n) is 5.24. The molecule has 27 heavy (non-hydrogen) atoms. The van der Waals surface area contributed by atoms with Crippen LogP contribution in [-0.2, 0) is 16.0 Å². The SMILES string of the molecule is CC(C)Cc1ccc(C(C)NC(=O)CN2CCCC(CCC(=O)O)C2)cc1. The average Bonchev–Trinajstić information content (AvgIpc) is 2.60. The molecule has 2 rings (SSSR count). The van der Waals surface area contributed by atoms with Crippen LogP contribution in [0.3, 0.4) is 0 Å². The number of carboxylic acid groups (broad SMARTS) is 1. The van der Waals surface area contributed by atoms with Crippen molar-refractivity contribution in [2.45, 2.75) is 58.9 Å². The molecule has 5 heteroatoms. The summed E-state index contributed by atoms with van der Waals surface area (Å²) in [5, 5.41) is 11.9. The number of hydrogen-bond donors (Lipinski definition) is 2. The van der Waals surface area contributed by atoms with Crippen molar-refractivity contribution in [2.75, 3.05) is 19.6 Å². The van der Waals surface area contributed by atoms with Gasteiger partial charge in [0.15, 0.2) is 0 Å². The molecule has 1 heterocycles. The highest BCUT2D eigenvalue weighted by Gasteiger charge is 2.22. The molecule has 2 atom stereocenters. The molecule has 5 nitrogen and oxygen atoms in total. The molecule has 1 saturated heterocycles. The summed E-state index contributed by atoms with van der Waals surface area (Å²) in [6.07, 6.45) is 4.08. The second kappa shape index (κ2) is 10.5. The molecule has 0 spiro atoms. The molecule has 1 aliphatic rings. The normalized spacial score (nSPS) is 19.0. The molecule has 150 valence electrons. The van der Waals surface area contributed by atoms with E-state index in [1.807, 2.05) is 6.92 Å². The number of carbonyl (C=O) groups excluding carboxylic acids is 1. The summed E-state index contributed by atoms with van der Waals surface area (Å²) in [7, 11) is 0. The van der Waals surface area contributed by atoms with Crippen molar-refractivity contribution in [3.05, 3.63) is 35.4 Å². The highest BCUT2D eigenvalue weighted by Crippen LogP contribution is 2.21. The first-order valence-corrected chi connectivity index (χ1v) is 10.2. The van der Waals surface area contributed by atoms with E-state index < -0.39 is 5.97 Å². The Balaban J connectivity index is 1.79. The summed E-state index contributed by atoms with van der Waals surface area (Å²) in [5.74, 6) is 0.316. The molecular formula is C22H34N2O3. The third-order valence-corrected chi connectivity index (χ3v) is 5.24. The Morgan fingerprint density at radius 1 is 1.22 bits per heavy atom. The number of carbonyl (C=O) groups is 2. The zero-order valence-electron chi connectivity index (χ0n) is 16.9. The van der Waals surface area contributed by atoms with Gasteiger partial charge in [0, 0.05) is 13.0 Å². The van der Waals surface area contributed by atoms with E-state index in [2.05, 4.69) is 48.3 Å². The maximum absolute atomic E-state index is 12.4. The summed E-state index contributed by atoms with van der Waals surface area (Å²) in [5.41, 5.74) is 2.45. The number of nitrogens with one attached hydrogen (secondary N) is 1. The highest BCUT2D eigenvalue weighted by atomic mass is 16.4. The van der Waals surface area contributed by atoms with Gasteiger partial charge in [-0.3, -0.25) is 14.5 Å². The van der Waals surface area contributed by atoms with Crippen molar-refractivity contribution in [3.63, 3.8) is 0 Å². The predicted molar refractivity (Wildman–Crippen MR) is 108 cm³/mol. The molecule has 0 aromatic heterocycles. The molecule has 0 saturated carbocycles. The van der Waals surface area contributed by atoms with E-state index in [0.717, 1.165) is 37.9 Å². The van der Waals surface area contributed by atoms with Gasteiger partial charge in [-0.2, -0.15) is 0 Å². The molecule has 0 aliphatic carbocycles. The first-order chi connectivity index (χ1) is 12.8. The van der Waals surface area contributed by atoms with Gasteiger partial charge in [0.2, 0.25) is 5.91 Å². The Labute approximate surface area is 163 Å². The first-order valence-electron chi connectivity index (χ1n) is 10.2. The Kier molecular flexibility index (Phi) is 8.29. The highest BCUT2D eigenvalue weighted by molar-refractivity contribution is 5.78. The van der Waals surface area contributed by atoms with E-state index in [-0.39, 0.29) is 18.4 Å². The van der Waals surface area contributed by atoms with Gasteiger partial charge in [0.05, 0.1) is 12.6 Å². The molecule has 0 bridgehead atoms. The van der Waals surface area contributed by atoms with E-state index in [9.17, 15) is 9.59 Å². The van der Waals surface area contributed by atoms with Gasteiger partial charge in [0.25, 0.3) is 0 Å². The number of carboxylic acids is 1. The Bertz CT molecular complexity index is 612. The van der Waals surface area contributed by atoms with Crippen molar-refractivity contribution in [2.24, 2.45) is 11.8 Å². The summed E-state index contributed by atoms with van der Waals surface area (Å²) in [6.45, 7) is 8.56. The molecule has 1 amide bonds. The molecule has 1 aromatic carbocycles. The Morgan fingerprint density at radius 3 is 2.56 bits per heavy atom. The number of benzene rings is 1. The fraction of sp³-hybridized carbons (Fsp3) is 0.636. The Morgan fingerprint density at radius 2 is 1.93 bits per heavy atom. The fourth-order valence-corrected chi connectivity index (χ4v) is 3.85. The van der Waals surface area contributed by atoms with Gasteiger partial charge in [-0.15, -0.1) is 0 Å². The van der Waals surface area contributed by atoms with E-state index >= 15 is 0 Å². The number of hydrogen-bond acceptors (Lipinski definition) is 3. The van der Waals surface area contributed by atoms with Crippen LogP contribution in [0.5, 0.6) is 0 Å². The van der Waals surface area contributed by atoms with Crippen LogP contribution >= 0.6 is 0 Å². The lowest BCUT2D eigenvalue weighted by atomic mass is 9.93. The number of amides is 1. The summed E-state index contributed by atoms with van der Waals surface area (Å²) >= 11 is 0. The maximum atomic E-state index is 12.4. The number of likely N-dealkylation sites (tertiary alicyclic amines) is 1. The lowest BCUT2D eigenvalue weighted by Crippen LogP contribution is -2.43. The summed E-state index contributed by atoms with van der Waals surface area (Å²) in [6, 6.07) is 8.49. The van der Waals surface area contributed by atoms with Crippen LogP contribution in [0.4, 0.5) is 0 Å². The van der Waals surface area contributed by atoms with Crippen LogP contribution in [-0.4, -0.2) is 41.5 Å². The van der Waals surface area contributed by atoms with Crippen LogP contribution in [0, 0.1) is 11.8 Å². The van der Waals surface area contributed by atoms with Crippen molar-refractivity contribution in [1.82, 2.24) is 10.2 Å². The lowest BCUT2D eigenvalue weighted by Gasteiger charge is -2.32. The average molecular weight is 375 g/mol. The van der Waals surface area contributed by atoms with Gasteiger partial charge in [-0.25, -0.2) is 0 Å². The van der Waals surface area contributed by atoms with Crippen LogP contribution in [0.1, 0.15) is 63.6 Å². The number of rotatable bonds is 9. The van der Waals surface area contributed by atoms with Crippen molar-refractivity contribution < 1.29 is 14.7 Å². The molecule has 1 fully saturated rings. The molecular weight excluding hydrogens is 340 g/mol. The van der Waals surface area contributed by atoms with Gasteiger partial charge in [-0.05, 0) is 62.1 Å². The summed E-state index contributed by atoms with van der Waals surface area (Å²) in [4.78, 5) is 25.3. The first kappa shape index (κ1) is 21.4. The van der Waals surface area contributed by atoms with Crippen LogP contribution in [0.2, 0.25) is 0 Å². The number of aliphatic carboxylic acids is 1. The topological polar surface area (TPSA) is 69.6 Å². The quantitative estimate of drug-likeness (QED) is 0.692. The maximum Gasteiger partial charge on any atom is 0.303 e. The van der Waals surface area contributed by atoms with E-state index in [0.29, 0.717) is 24.8 Å². The smallest absolute Gasteiger partial charge is 0.303 e. The minimum Gasteiger partial charge on any atom is -0.481 e. The number of nitrogens with zero attached hydrogens (tertiary/aromatic N) is 1. The molecule has 2 unspecified atom stereocenters. The Hall–Kier alpha value is -1.88. The van der Waals surface area contributed by atoms with Crippen LogP contribution < -0.4 is 5.32 Å². The molecule has 1 aliphatic heterocycles.